The topological polar surface area (TPSA) is 25.2 Å². The van der Waals surface area contributed by atoms with E-state index in [1.165, 1.54) is 40.3 Å². The molecule has 29 heavy (non-hydrogen) atoms. The van der Waals surface area contributed by atoms with Crippen molar-refractivity contribution in [2.45, 2.75) is 58.0 Å². The van der Waals surface area contributed by atoms with Crippen LogP contribution in [0.5, 0.6) is 0 Å². The number of rotatable bonds is 3. The molecule has 0 saturated carbocycles. The predicted octanol–water partition coefficient (Wildman–Crippen LogP) is 6.30. The van der Waals surface area contributed by atoms with Gasteiger partial charge in [0.15, 0.2) is 0 Å². The van der Waals surface area contributed by atoms with E-state index >= 15 is 0 Å². The number of hydrogen-bond donors (Lipinski definition) is 0. The fourth-order valence-electron chi connectivity index (χ4n) is 4.78. The van der Waals surface area contributed by atoms with Crippen LogP contribution >= 0.6 is 22.9 Å². The summed E-state index contributed by atoms with van der Waals surface area (Å²) in [4.78, 5) is 17.0. The molecule has 0 fully saturated rings. The summed E-state index contributed by atoms with van der Waals surface area (Å²) in [5.74, 6) is 0.226. The SMILES string of the molecule is CCCC(=O)N1Cc2c(sc3c2CCCC3)-n2cccc2C1c1ccc(Cl)cc1. The maximum Gasteiger partial charge on any atom is 0.223 e. The van der Waals surface area contributed by atoms with Crippen LogP contribution in [-0.4, -0.2) is 15.4 Å². The monoisotopic (exact) mass is 424 g/mol. The number of halogens is 1. The molecule has 1 amide bonds. The molecule has 5 rings (SSSR count). The maximum absolute atomic E-state index is 13.3. The predicted molar refractivity (Wildman–Crippen MR) is 119 cm³/mol. The van der Waals surface area contributed by atoms with Crippen LogP contribution in [0.1, 0.15) is 65.9 Å². The van der Waals surface area contributed by atoms with Gasteiger partial charge in [0, 0.05) is 34.6 Å². The highest BCUT2D eigenvalue weighted by atomic mass is 35.5. The third-order valence-electron chi connectivity index (χ3n) is 6.15. The zero-order chi connectivity index (χ0) is 20.0. The summed E-state index contributed by atoms with van der Waals surface area (Å²) >= 11 is 8.09. The van der Waals surface area contributed by atoms with Crippen molar-refractivity contribution in [2.24, 2.45) is 0 Å². The lowest BCUT2D eigenvalue weighted by Gasteiger charge is -2.31. The van der Waals surface area contributed by atoms with Crippen molar-refractivity contribution in [3.05, 3.63) is 74.9 Å². The Bertz CT molecular complexity index is 1050. The van der Waals surface area contributed by atoms with Gasteiger partial charge in [0.05, 0.1) is 11.7 Å². The van der Waals surface area contributed by atoms with E-state index < -0.39 is 0 Å². The summed E-state index contributed by atoms with van der Waals surface area (Å²) in [7, 11) is 0. The zero-order valence-electron chi connectivity index (χ0n) is 16.7. The Morgan fingerprint density at radius 3 is 2.72 bits per heavy atom. The van der Waals surface area contributed by atoms with Gasteiger partial charge in [-0.15, -0.1) is 11.3 Å². The first-order chi connectivity index (χ1) is 14.2. The number of amides is 1. The largest absolute Gasteiger partial charge is 0.326 e. The fourth-order valence-corrected chi connectivity index (χ4v) is 6.31. The number of aryl methyl sites for hydroxylation is 1. The van der Waals surface area contributed by atoms with E-state index in [0.717, 1.165) is 29.1 Å². The molecular weight excluding hydrogens is 400 g/mol. The standard InChI is InChI=1S/C24H25ClN2OS/c1-2-6-22(28)27-15-19-18-7-3-4-9-21(18)29-24(19)26-14-5-8-20(26)23(27)16-10-12-17(25)13-11-16/h5,8,10-14,23H,2-4,6-7,9,15H2,1H3. The first-order valence-corrected chi connectivity index (χ1v) is 11.7. The van der Waals surface area contributed by atoms with Crippen LogP contribution in [0.25, 0.3) is 5.00 Å². The first-order valence-electron chi connectivity index (χ1n) is 10.5. The van der Waals surface area contributed by atoms with Gasteiger partial charge < -0.3 is 9.47 Å². The highest BCUT2D eigenvalue weighted by Crippen LogP contribution is 2.44. The van der Waals surface area contributed by atoms with Crippen LogP contribution in [0.4, 0.5) is 0 Å². The van der Waals surface area contributed by atoms with Gasteiger partial charge in [0.1, 0.15) is 5.00 Å². The highest BCUT2D eigenvalue weighted by molar-refractivity contribution is 7.15. The van der Waals surface area contributed by atoms with Gasteiger partial charge in [0.2, 0.25) is 5.91 Å². The van der Waals surface area contributed by atoms with Crippen molar-refractivity contribution >= 4 is 28.8 Å². The van der Waals surface area contributed by atoms with Gasteiger partial charge in [0.25, 0.3) is 0 Å². The molecule has 3 nitrogen and oxygen atoms in total. The van der Waals surface area contributed by atoms with Gasteiger partial charge >= 0.3 is 0 Å². The minimum absolute atomic E-state index is 0.0971. The number of aromatic nitrogens is 1. The van der Waals surface area contributed by atoms with E-state index in [0.29, 0.717) is 13.0 Å². The number of benzene rings is 1. The summed E-state index contributed by atoms with van der Waals surface area (Å²) in [6.07, 6.45) is 8.43. The second kappa shape index (κ2) is 7.66. The van der Waals surface area contributed by atoms with Gasteiger partial charge in [-0.3, -0.25) is 4.79 Å². The lowest BCUT2D eigenvalue weighted by atomic mass is 9.95. The third-order valence-corrected chi connectivity index (χ3v) is 7.73. The van der Waals surface area contributed by atoms with Crippen LogP contribution in [0.15, 0.2) is 42.6 Å². The van der Waals surface area contributed by atoms with Crippen LogP contribution in [0.2, 0.25) is 5.02 Å². The van der Waals surface area contributed by atoms with Crippen molar-refractivity contribution in [1.29, 1.82) is 0 Å². The fraction of sp³-hybridized carbons (Fsp3) is 0.375. The molecule has 0 saturated heterocycles. The Labute approximate surface area is 180 Å². The van der Waals surface area contributed by atoms with Gasteiger partial charge in [-0.25, -0.2) is 0 Å². The Kier molecular flexibility index (Phi) is 5.00. The van der Waals surface area contributed by atoms with Gasteiger partial charge in [-0.2, -0.15) is 0 Å². The molecule has 1 atom stereocenters. The number of carbonyl (C=O) groups excluding carboxylic acids is 1. The summed E-state index contributed by atoms with van der Waals surface area (Å²) in [6.45, 7) is 2.77. The molecule has 5 heteroatoms. The molecule has 2 aliphatic rings. The van der Waals surface area contributed by atoms with E-state index in [9.17, 15) is 4.79 Å². The molecule has 0 bridgehead atoms. The number of carbonyl (C=O) groups is 1. The number of hydrogen-bond acceptors (Lipinski definition) is 2. The van der Waals surface area contributed by atoms with Crippen LogP contribution in [-0.2, 0) is 24.2 Å². The molecule has 3 aromatic rings. The minimum atomic E-state index is -0.0971. The third kappa shape index (κ3) is 3.23. The number of thiophene rings is 1. The van der Waals surface area contributed by atoms with E-state index in [2.05, 4.69) is 46.9 Å². The Morgan fingerprint density at radius 1 is 1.14 bits per heavy atom. The molecular formula is C24H25ClN2OS. The van der Waals surface area contributed by atoms with E-state index in [1.54, 1.807) is 0 Å². The first kappa shape index (κ1) is 19.0. The van der Waals surface area contributed by atoms with Crippen molar-refractivity contribution in [2.75, 3.05) is 0 Å². The van der Waals surface area contributed by atoms with Gasteiger partial charge in [-0.05, 0) is 67.5 Å². The molecule has 1 unspecified atom stereocenters. The van der Waals surface area contributed by atoms with E-state index in [1.807, 2.05) is 23.5 Å². The smallest absolute Gasteiger partial charge is 0.223 e. The van der Waals surface area contributed by atoms with Crippen molar-refractivity contribution in [1.82, 2.24) is 9.47 Å². The summed E-state index contributed by atoms with van der Waals surface area (Å²) in [5, 5.41) is 2.03. The molecule has 2 aromatic heterocycles. The molecule has 3 heterocycles. The second-order valence-electron chi connectivity index (χ2n) is 8.02. The zero-order valence-corrected chi connectivity index (χ0v) is 18.2. The van der Waals surface area contributed by atoms with Crippen LogP contribution in [0, 0.1) is 0 Å². The Morgan fingerprint density at radius 2 is 1.93 bits per heavy atom. The second-order valence-corrected chi connectivity index (χ2v) is 9.54. The number of nitrogens with zero attached hydrogens (tertiary/aromatic N) is 2. The van der Waals surface area contributed by atoms with Gasteiger partial charge in [-0.1, -0.05) is 30.7 Å². The lowest BCUT2D eigenvalue weighted by Crippen LogP contribution is -2.34. The molecule has 0 N–H and O–H groups in total. The average Bonchev–Trinajstić information content (AvgIpc) is 3.31. The van der Waals surface area contributed by atoms with E-state index in [4.69, 9.17) is 11.6 Å². The molecule has 1 aromatic carbocycles. The van der Waals surface area contributed by atoms with E-state index in [-0.39, 0.29) is 11.9 Å². The molecule has 0 radical (unpaired) electrons. The lowest BCUT2D eigenvalue weighted by molar-refractivity contribution is -0.133. The molecule has 0 spiro atoms. The minimum Gasteiger partial charge on any atom is -0.326 e. The van der Waals surface area contributed by atoms with Crippen molar-refractivity contribution < 1.29 is 4.79 Å². The van der Waals surface area contributed by atoms with Crippen LogP contribution in [0.3, 0.4) is 0 Å². The summed E-state index contributed by atoms with van der Waals surface area (Å²) in [5.41, 5.74) is 5.14. The molecule has 1 aliphatic carbocycles. The Hall–Kier alpha value is -2.04. The van der Waals surface area contributed by atoms with Crippen LogP contribution < -0.4 is 0 Å². The average molecular weight is 425 g/mol. The molecule has 150 valence electrons. The number of fused-ring (bicyclic) bond motifs is 5. The normalized spacial score (nSPS) is 18.0. The Balaban J connectivity index is 1.71. The van der Waals surface area contributed by atoms with Crippen molar-refractivity contribution in [3.8, 4) is 5.00 Å². The highest BCUT2D eigenvalue weighted by Gasteiger charge is 2.35. The van der Waals surface area contributed by atoms with Crippen molar-refractivity contribution in [3.63, 3.8) is 0 Å². The molecule has 1 aliphatic heterocycles. The summed E-state index contributed by atoms with van der Waals surface area (Å²) < 4.78 is 2.33. The maximum atomic E-state index is 13.3. The quantitative estimate of drug-likeness (QED) is 0.484. The summed E-state index contributed by atoms with van der Waals surface area (Å²) in [6, 6.07) is 12.1.